The molecule has 0 saturated heterocycles. The van der Waals surface area contributed by atoms with Crippen LogP contribution in [-0.4, -0.2) is 18.4 Å². The molecule has 0 N–H and O–H groups in total. The Morgan fingerprint density at radius 1 is 1.31 bits per heavy atom. The molecule has 13 heavy (non-hydrogen) atoms. The van der Waals surface area contributed by atoms with Crippen LogP contribution in [0, 0.1) is 0 Å². The Bertz CT molecular complexity index is 293. The molecule has 1 rings (SSSR count). The standard InChI is InChI=1S/C10H18O2S/c1-10(2,3)13(11,12)9-7-5-4-6-8-9/h5,7,9H,4,6,8H2,1-3H3/t9-/m0/s1. The lowest BCUT2D eigenvalue weighted by Gasteiger charge is -2.26. The Labute approximate surface area is 81.0 Å². The summed E-state index contributed by atoms with van der Waals surface area (Å²) in [7, 11) is -2.99. The van der Waals surface area contributed by atoms with Crippen molar-refractivity contribution in [1.82, 2.24) is 0 Å². The van der Waals surface area contributed by atoms with Gasteiger partial charge in [-0.1, -0.05) is 12.2 Å². The maximum Gasteiger partial charge on any atom is 0.161 e. The highest BCUT2D eigenvalue weighted by molar-refractivity contribution is 7.93. The van der Waals surface area contributed by atoms with Gasteiger partial charge in [0.25, 0.3) is 0 Å². The summed E-state index contributed by atoms with van der Waals surface area (Å²) in [5.41, 5.74) is 0. The van der Waals surface area contributed by atoms with E-state index in [1.54, 1.807) is 20.8 Å². The van der Waals surface area contributed by atoms with Crippen molar-refractivity contribution in [3.63, 3.8) is 0 Å². The van der Waals surface area contributed by atoms with Crippen molar-refractivity contribution >= 4 is 9.84 Å². The van der Waals surface area contributed by atoms with Gasteiger partial charge in [-0.2, -0.15) is 0 Å². The molecular weight excluding hydrogens is 184 g/mol. The van der Waals surface area contributed by atoms with Crippen LogP contribution in [-0.2, 0) is 9.84 Å². The molecule has 0 aromatic rings. The fraction of sp³-hybridized carbons (Fsp3) is 0.800. The molecule has 0 aliphatic heterocycles. The third-order valence-corrected chi connectivity index (χ3v) is 5.36. The van der Waals surface area contributed by atoms with Crippen molar-refractivity contribution in [3.8, 4) is 0 Å². The first kappa shape index (κ1) is 10.8. The number of allylic oxidation sites excluding steroid dienone is 1. The first-order valence-corrected chi connectivity index (χ1v) is 6.30. The second-order valence-corrected chi connectivity index (χ2v) is 7.48. The summed E-state index contributed by atoms with van der Waals surface area (Å²) < 4.78 is 23.3. The lowest BCUT2D eigenvalue weighted by Crippen LogP contribution is -2.36. The summed E-state index contributed by atoms with van der Waals surface area (Å²) in [5, 5.41) is -0.249. The molecular formula is C10H18O2S. The predicted molar refractivity (Wildman–Crippen MR) is 55.5 cm³/mol. The van der Waals surface area contributed by atoms with Gasteiger partial charge in [0, 0.05) is 0 Å². The summed E-state index contributed by atoms with van der Waals surface area (Å²) in [5.74, 6) is 0. The molecule has 2 nitrogen and oxygen atoms in total. The summed E-state index contributed by atoms with van der Waals surface area (Å²) >= 11 is 0. The van der Waals surface area contributed by atoms with E-state index in [1.807, 2.05) is 12.2 Å². The minimum atomic E-state index is -2.99. The molecule has 0 heterocycles. The molecule has 0 saturated carbocycles. The van der Waals surface area contributed by atoms with Crippen LogP contribution in [0.1, 0.15) is 40.0 Å². The Balaban J connectivity index is 2.93. The first-order chi connectivity index (χ1) is 5.86. The molecule has 1 aliphatic rings. The quantitative estimate of drug-likeness (QED) is 0.611. The zero-order valence-electron chi connectivity index (χ0n) is 8.58. The third-order valence-electron chi connectivity index (χ3n) is 2.46. The third kappa shape index (κ3) is 2.13. The number of hydrogen-bond acceptors (Lipinski definition) is 2. The molecule has 76 valence electrons. The maximum atomic E-state index is 12.0. The monoisotopic (exact) mass is 202 g/mol. The van der Waals surface area contributed by atoms with Crippen molar-refractivity contribution in [2.45, 2.75) is 50.0 Å². The van der Waals surface area contributed by atoms with E-state index in [0.29, 0.717) is 0 Å². The van der Waals surface area contributed by atoms with Gasteiger partial charge < -0.3 is 0 Å². The molecule has 0 aromatic carbocycles. The largest absolute Gasteiger partial charge is 0.228 e. The summed E-state index contributed by atoms with van der Waals surface area (Å²) in [6, 6.07) is 0. The zero-order chi connectivity index (χ0) is 10.1. The van der Waals surface area contributed by atoms with Crippen molar-refractivity contribution in [1.29, 1.82) is 0 Å². The topological polar surface area (TPSA) is 34.1 Å². The van der Waals surface area contributed by atoms with E-state index >= 15 is 0 Å². The normalized spacial score (nSPS) is 24.7. The molecule has 3 heteroatoms. The second-order valence-electron chi connectivity index (χ2n) is 4.55. The fourth-order valence-electron chi connectivity index (χ4n) is 1.49. The lowest BCUT2D eigenvalue weighted by molar-refractivity contribution is 0.542. The van der Waals surface area contributed by atoms with Gasteiger partial charge in [-0.3, -0.25) is 0 Å². The first-order valence-electron chi connectivity index (χ1n) is 4.76. The van der Waals surface area contributed by atoms with Gasteiger partial charge in [0.2, 0.25) is 0 Å². The van der Waals surface area contributed by atoms with Crippen LogP contribution in [0.3, 0.4) is 0 Å². The van der Waals surface area contributed by atoms with Gasteiger partial charge in [0.1, 0.15) is 0 Å². The Morgan fingerprint density at radius 2 is 1.92 bits per heavy atom. The second kappa shape index (κ2) is 3.45. The van der Waals surface area contributed by atoms with E-state index in [-0.39, 0.29) is 5.25 Å². The molecule has 0 spiro atoms. The minimum Gasteiger partial charge on any atom is -0.228 e. The maximum absolute atomic E-state index is 12.0. The summed E-state index contributed by atoms with van der Waals surface area (Å²) in [6.45, 7) is 5.31. The van der Waals surface area contributed by atoms with E-state index < -0.39 is 14.6 Å². The average molecular weight is 202 g/mol. The van der Waals surface area contributed by atoms with Gasteiger partial charge in [-0.25, -0.2) is 8.42 Å². The predicted octanol–water partition coefficient (Wildman–Crippen LogP) is 2.31. The highest BCUT2D eigenvalue weighted by Gasteiger charge is 2.35. The highest BCUT2D eigenvalue weighted by Crippen LogP contribution is 2.27. The molecule has 0 fully saturated rings. The van der Waals surface area contributed by atoms with Gasteiger partial charge in [0.15, 0.2) is 9.84 Å². The molecule has 0 amide bonds. The van der Waals surface area contributed by atoms with Crippen LogP contribution in [0.4, 0.5) is 0 Å². The van der Waals surface area contributed by atoms with Crippen LogP contribution in [0.15, 0.2) is 12.2 Å². The Hall–Kier alpha value is -0.310. The fourth-order valence-corrected chi connectivity index (χ4v) is 3.20. The van der Waals surface area contributed by atoms with Gasteiger partial charge in [0.05, 0.1) is 10.00 Å². The van der Waals surface area contributed by atoms with E-state index in [0.717, 1.165) is 19.3 Å². The van der Waals surface area contributed by atoms with Crippen molar-refractivity contribution in [2.24, 2.45) is 0 Å². The van der Waals surface area contributed by atoms with E-state index in [2.05, 4.69) is 0 Å². The SMILES string of the molecule is CC(C)(C)S(=O)(=O)[C@H]1C=CCCC1. The van der Waals surface area contributed by atoms with Crippen molar-refractivity contribution in [3.05, 3.63) is 12.2 Å². The number of sulfone groups is 1. The van der Waals surface area contributed by atoms with E-state index in [1.165, 1.54) is 0 Å². The van der Waals surface area contributed by atoms with Crippen LogP contribution >= 0.6 is 0 Å². The van der Waals surface area contributed by atoms with Gasteiger partial charge in [-0.15, -0.1) is 0 Å². The summed E-state index contributed by atoms with van der Waals surface area (Å²) in [6.07, 6.45) is 6.64. The molecule has 0 unspecified atom stereocenters. The number of hydrogen-bond donors (Lipinski definition) is 0. The smallest absolute Gasteiger partial charge is 0.161 e. The van der Waals surface area contributed by atoms with Crippen LogP contribution in [0.5, 0.6) is 0 Å². The van der Waals surface area contributed by atoms with Crippen LogP contribution < -0.4 is 0 Å². The lowest BCUT2D eigenvalue weighted by atomic mass is 10.1. The van der Waals surface area contributed by atoms with E-state index in [9.17, 15) is 8.42 Å². The average Bonchev–Trinajstić information content (AvgIpc) is 2.04. The van der Waals surface area contributed by atoms with Crippen LogP contribution in [0.2, 0.25) is 0 Å². The molecule has 1 atom stereocenters. The van der Waals surface area contributed by atoms with Gasteiger partial charge in [-0.05, 0) is 40.0 Å². The number of rotatable bonds is 1. The molecule has 1 aliphatic carbocycles. The van der Waals surface area contributed by atoms with E-state index in [4.69, 9.17) is 0 Å². The highest BCUT2D eigenvalue weighted by atomic mass is 32.2. The van der Waals surface area contributed by atoms with Crippen molar-refractivity contribution < 1.29 is 8.42 Å². The molecule has 0 aromatic heterocycles. The van der Waals surface area contributed by atoms with Crippen molar-refractivity contribution in [2.75, 3.05) is 0 Å². The Morgan fingerprint density at radius 3 is 2.31 bits per heavy atom. The molecule has 0 bridgehead atoms. The Kier molecular flexibility index (Phi) is 2.85. The van der Waals surface area contributed by atoms with Gasteiger partial charge >= 0.3 is 0 Å². The summed E-state index contributed by atoms with van der Waals surface area (Å²) in [4.78, 5) is 0. The molecule has 0 radical (unpaired) electrons. The van der Waals surface area contributed by atoms with Crippen LogP contribution in [0.25, 0.3) is 0 Å². The minimum absolute atomic E-state index is 0.249. The zero-order valence-corrected chi connectivity index (χ0v) is 9.39.